The molecule has 1 N–H and O–H groups in total. The Hall–Kier alpha value is -2.34. The molecule has 1 aromatic heterocycles. The molecule has 1 atom stereocenters. The molecule has 118 valence electrons. The molecule has 0 saturated carbocycles. The van der Waals surface area contributed by atoms with Crippen LogP contribution in [0.4, 0.5) is 0 Å². The number of halogens is 1. The van der Waals surface area contributed by atoms with Gasteiger partial charge in [-0.05, 0) is 43.3 Å². The summed E-state index contributed by atoms with van der Waals surface area (Å²) in [6.07, 6.45) is 0. The first-order chi connectivity index (χ1) is 11.1. The van der Waals surface area contributed by atoms with Crippen molar-refractivity contribution in [2.24, 2.45) is 0 Å². The van der Waals surface area contributed by atoms with E-state index in [1.54, 1.807) is 12.1 Å². The molecular weight excluding hydrogens is 360 g/mol. The quantitative estimate of drug-likeness (QED) is 0.736. The molecule has 0 bridgehead atoms. The van der Waals surface area contributed by atoms with Crippen LogP contribution in [0, 0.1) is 0 Å². The third-order valence-electron chi connectivity index (χ3n) is 3.24. The van der Waals surface area contributed by atoms with Crippen LogP contribution in [0.1, 0.15) is 18.9 Å². The predicted octanol–water partition coefficient (Wildman–Crippen LogP) is 3.85. The van der Waals surface area contributed by atoms with Crippen LogP contribution in [0.15, 0.2) is 57.4 Å². The van der Waals surface area contributed by atoms with Gasteiger partial charge in [0.1, 0.15) is 17.3 Å². The Morgan fingerprint density at radius 3 is 2.74 bits per heavy atom. The lowest BCUT2D eigenvalue weighted by Gasteiger charge is -2.11. The van der Waals surface area contributed by atoms with Gasteiger partial charge in [-0.3, -0.25) is 4.79 Å². The van der Waals surface area contributed by atoms with Crippen molar-refractivity contribution in [3.8, 4) is 5.75 Å². The van der Waals surface area contributed by atoms with Crippen molar-refractivity contribution in [2.45, 2.75) is 13.0 Å². The Morgan fingerprint density at radius 2 is 2.00 bits per heavy atom. The van der Waals surface area contributed by atoms with Crippen molar-refractivity contribution in [1.29, 1.82) is 0 Å². The van der Waals surface area contributed by atoms with Crippen LogP contribution in [0.2, 0.25) is 0 Å². The molecule has 1 unspecified atom stereocenters. The summed E-state index contributed by atoms with van der Waals surface area (Å²) in [6.45, 7) is 1.76. The summed E-state index contributed by atoms with van der Waals surface area (Å²) in [5, 5.41) is 2.81. The van der Waals surface area contributed by atoms with Crippen LogP contribution in [-0.2, 0) is 4.79 Å². The molecule has 1 amide bonds. The first kappa shape index (κ1) is 15.6. The van der Waals surface area contributed by atoms with Crippen molar-refractivity contribution in [2.75, 3.05) is 6.61 Å². The Labute approximate surface area is 141 Å². The van der Waals surface area contributed by atoms with Gasteiger partial charge in [0.15, 0.2) is 12.2 Å². The number of carbonyl (C=O) groups excluding carboxylic acids is 1. The van der Waals surface area contributed by atoms with E-state index in [0.717, 1.165) is 9.99 Å². The van der Waals surface area contributed by atoms with E-state index in [-0.39, 0.29) is 18.6 Å². The minimum atomic E-state index is -0.330. The zero-order valence-electron chi connectivity index (χ0n) is 12.5. The number of oxazole rings is 1. The summed E-state index contributed by atoms with van der Waals surface area (Å²) in [5.74, 6) is 0.878. The summed E-state index contributed by atoms with van der Waals surface area (Å²) in [5.41, 5.74) is 1.48. The first-order valence-electron chi connectivity index (χ1n) is 7.15. The summed E-state index contributed by atoms with van der Waals surface area (Å²) in [7, 11) is 0. The molecule has 0 aliphatic carbocycles. The lowest BCUT2D eigenvalue weighted by atomic mass is 10.3. The van der Waals surface area contributed by atoms with E-state index in [4.69, 9.17) is 9.15 Å². The van der Waals surface area contributed by atoms with Gasteiger partial charge in [0, 0.05) is 4.47 Å². The molecule has 0 saturated heterocycles. The highest BCUT2D eigenvalue weighted by Gasteiger charge is 2.16. The zero-order valence-corrected chi connectivity index (χ0v) is 14.0. The molecule has 0 radical (unpaired) electrons. The van der Waals surface area contributed by atoms with Gasteiger partial charge in [0.05, 0.1) is 0 Å². The summed E-state index contributed by atoms with van der Waals surface area (Å²) in [4.78, 5) is 16.3. The van der Waals surface area contributed by atoms with Gasteiger partial charge in [0.25, 0.3) is 5.91 Å². The van der Waals surface area contributed by atoms with E-state index in [0.29, 0.717) is 17.2 Å². The second-order valence-corrected chi connectivity index (χ2v) is 5.97. The normalized spacial score (nSPS) is 12.1. The summed E-state index contributed by atoms with van der Waals surface area (Å²) >= 11 is 3.35. The van der Waals surface area contributed by atoms with Crippen molar-refractivity contribution in [3.63, 3.8) is 0 Å². The van der Waals surface area contributed by atoms with Crippen LogP contribution >= 0.6 is 15.9 Å². The number of ether oxygens (including phenoxy) is 1. The molecule has 1 heterocycles. The SMILES string of the molecule is CC(NC(=O)COc1ccc(Br)cc1)c1nc2ccccc2o1. The largest absolute Gasteiger partial charge is 0.484 e. The van der Waals surface area contributed by atoms with E-state index >= 15 is 0 Å². The minimum Gasteiger partial charge on any atom is -0.484 e. The number of hydrogen-bond acceptors (Lipinski definition) is 4. The van der Waals surface area contributed by atoms with Crippen LogP contribution in [0.5, 0.6) is 5.75 Å². The minimum absolute atomic E-state index is 0.0633. The number of fused-ring (bicyclic) bond motifs is 1. The summed E-state index contributed by atoms with van der Waals surface area (Å²) < 4.78 is 12.0. The van der Waals surface area contributed by atoms with E-state index in [2.05, 4.69) is 26.2 Å². The molecule has 0 aliphatic rings. The molecule has 23 heavy (non-hydrogen) atoms. The second-order valence-electron chi connectivity index (χ2n) is 5.05. The van der Waals surface area contributed by atoms with Gasteiger partial charge in [-0.25, -0.2) is 4.98 Å². The maximum Gasteiger partial charge on any atom is 0.258 e. The zero-order chi connectivity index (χ0) is 16.2. The maximum atomic E-state index is 12.0. The number of carbonyl (C=O) groups is 1. The van der Waals surface area contributed by atoms with Crippen LogP contribution in [0.25, 0.3) is 11.1 Å². The molecule has 0 aliphatic heterocycles. The molecule has 2 aromatic carbocycles. The van der Waals surface area contributed by atoms with Gasteiger partial charge < -0.3 is 14.5 Å². The first-order valence-corrected chi connectivity index (χ1v) is 7.94. The number of para-hydroxylation sites is 2. The lowest BCUT2D eigenvalue weighted by molar-refractivity contribution is -0.123. The number of benzene rings is 2. The fraction of sp³-hybridized carbons (Fsp3) is 0.176. The third kappa shape index (κ3) is 3.90. The molecule has 3 aromatic rings. The molecule has 0 fully saturated rings. The highest BCUT2D eigenvalue weighted by Crippen LogP contribution is 2.20. The maximum absolute atomic E-state index is 12.0. The van der Waals surface area contributed by atoms with E-state index in [9.17, 15) is 4.79 Å². The van der Waals surface area contributed by atoms with Gasteiger partial charge >= 0.3 is 0 Å². The number of nitrogens with zero attached hydrogens (tertiary/aromatic N) is 1. The third-order valence-corrected chi connectivity index (χ3v) is 3.77. The number of aromatic nitrogens is 1. The summed E-state index contributed by atoms with van der Waals surface area (Å²) in [6, 6.07) is 14.5. The van der Waals surface area contributed by atoms with Gasteiger partial charge in [-0.2, -0.15) is 0 Å². The Bertz CT molecular complexity index is 781. The average Bonchev–Trinajstić information content (AvgIpc) is 2.98. The lowest BCUT2D eigenvalue weighted by Crippen LogP contribution is -2.31. The highest BCUT2D eigenvalue weighted by molar-refractivity contribution is 9.10. The molecule has 3 rings (SSSR count). The standard InChI is InChI=1S/C17H15BrN2O3/c1-11(17-20-14-4-2-3-5-15(14)23-17)19-16(21)10-22-13-8-6-12(18)7-9-13/h2-9,11H,10H2,1H3,(H,19,21). The van der Waals surface area contributed by atoms with E-state index < -0.39 is 0 Å². The smallest absolute Gasteiger partial charge is 0.258 e. The Kier molecular flexibility index (Phi) is 4.62. The Balaban J connectivity index is 1.57. The molecule has 5 nitrogen and oxygen atoms in total. The van der Waals surface area contributed by atoms with E-state index in [1.807, 2.05) is 43.3 Å². The highest BCUT2D eigenvalue weighted by atomic mass is 79.9. The second kappa shape index (κ2) is 6.83. The molecular formula is C17H15BrN2O3. The van der Waals surface area contributed by atoms with E-state index in [1.165, 1.54) is 0 Å². The van der Waals surface area contributed by atoms with Crippen LogP contribution in [0.3, 0.4) is 0 Å². The van der Waals surface area contributed by atoms with Crippen molar-refractivity contribution in [3.05, 3.63) is 58.9 Å². The number of rotatable bonds is 5. The average molecular weight is 375 g/mol. The molecule has 0 spiro atoms. The van der Waals surface area contributed by atoms with Crippen LogP contribution < -0.4 is 10.1 Å². The van der Waals surface area contributed by atoms with Crippen molar-refractivity contribution in [1.82, 2.24) is 10.3 Å². The van der Waals surface area contributed by atoms with Crippen LogP contribution in [-0.4, -0.2) is 17.5 Å². The van der Waals surface area contributed by atoms with Crippen molar-refractivity contribution >= 4 is 32.9 Å². The Morgan fingerprint density at radius 1 is 1.26 bits per heavy atom. The number of nitrogens with one attached hydrogen (secondary N) is 1. The topological polar surface area (TPSA) is 64.4 Å². The van der Waals surface area contributed by atoms with Gasteiger partial charge in [0.2, 0.25) is 5.89 Å². The monoisotopic (exact) mass is 374 g/mol. The fourth-order valence-corrected chi connectivity index (χ4v) is 2.36. The van der Waals surface area contributed by atoms with Gasteiger partial charge in [-0.15, -0.1) is 0 Å². The van der Waals surface area contributed by atoms with Crippen molar-refractivity contribution < 1.29 is 13.9 Å². The molecule has 6 heteroatoms. The predicted molar refractivity (Wildman–Crippen MR) is 90.2 cm³/mol. The van der Waals surface area contributed by atoms with Gasteiger partial charge in [-0.1, -0.05) is 28.1 Å². The fourth-order valence-electron chi connectivity index (χ4n) is 2.10. The number of amides is 1. The number of hydrogen-bond donors (Lipinski definition) is 1.